The van der Waals surface area contributed by atoms with Gasteiger partial charge in [-0.15, -0.1) is 0 Å². The number of carbonyl (C=O) groups excluding carboxylic acids is 2. The molecule has 3 fully saturated rings. The Morgan fingerprint density at radius 1 is 0.969 bits per heavy atom. The molecule has 4 rings (SSSR count). The maximum Gasteiger partial charge on any atom is 0.311 e. The number of hydrogen-bond acceptors (Lipinski definition) is 16. The van der Waals surface area contributed by atoms with Crippen LogP contribution in [0.4, 0.5) is 5.69 Å². The highest BCUT2D eigenvalue weighted by Gasteiger charge is 2.53. The summed E-state index contributed by atoms with van der Waals surface area (Å²) in [6, 6.07) is 3.97. The molecule has 3 heterocycles. The fraction of sp³-hybridized carbons (Fsp3) is 0.822. The molecule has 6 N–H and O–H groups in total. The van der Waals surface area contributed by atoms with Crippen molar-refractivity contribution in [3.05, 3.63) is 24.3 Å². The van der Waals surface area contributed by atoms with Gasteiger partial charge in [0.25, 0.3) is 0 Å². The Morgan fingerprint density at radius 2 is 1.58 bits per heavy atom. The normalized spacial score (nSPS) is 42.6. The predicted octanol–water partition coefficient (Wildman–Crippen LogP) is 2.62. The lowest BCUT2D eigenvalue weighted by Crippen LogP contribution is -2.61. The van der Waals surface area contributed by atoms with Gasteiger partial charge in [0, 0.05) is 51.7 Å². The SMILES string of the molecule is CC[C@H]1OC(=O)[C@H](C)[C@@H](O[C@H]2C[C@@](C)(OC)[C@@H](O)[C@H](C)O2)[C@H](C)[C@@H](O[C@@H]2O[C@H](C)C[C@H](N(C)S(=O)(=O)c3ccc(NC(C)=O)cc3)[C@H]2O)[C@](C)(O)C[C@@H](C)CN(C)[C@H](C)[C@@H](O)[C@]1(C)O. The van der Waals surface area contributed by atoms with Gasteiger partial charge in [-0.2, -0.15) is 4.31 Å². The smallest absolute Gasteiger partial charge is 0.311 e. The first-order chi connectivity index (χ1) is 29.5. The number of nitrogens with zero attached hydrogens (tertiary/aromatic N) is 2. The molecule has 18 nitrogen and oxygen atoms in total. The highest BCUT2D eigenvalue weighted by Crippen LogP contribution is 2.40. The molecule has 0 saturated carbocycles. The number of methoxy groups -OCH3 is 1. The average molecular weight is 932 g/mol. The van der Waals surface area contributed by atoms with Crippen molar-refractivity contribution in [2.75, 3.05) is 33.1 Å². The third kappa shape index (κ3) is 12.0. The summed E-state index contributed by atoms with van der Waals surface area (Å²) >= 11 is 0. The number of rotatable bonds is 10. The molecule has 0 aromatic heterocycles. The number of ether oxygens (including phenoxy) is 6. The number of amides is 1. The van der Waals surface area contributed by atoms with E-state index in [9.17, 15) is 43.5 Å². The molecule has 64 heavy (non-hydrogen) atoms. The van der Waals surface area contributed by atoms with Gasteiger partial charge in [0.1, 0.15) is 30.0 Å². The number of carbonyl (C=O) groups is 2. The summed E-state index contributed by atoms with van der Waals surface area (Å²) in [6.07, 6.45) is -11.1. The van der Waals surface area contributed by atoms with Gasteiger partial charge in [-0.05, 0) is 105 Å². The molecule has 3 saturated heterocycles. The van der Waals surface area contributed by atoms with Crippen LogP contribution in [0.2, 0.25) is 0 Å². The summed E-state index contributed by atoms with van der Waals surface area (Å²) in [4.78, 5) is 27.8. The topological polar surface area (TPSA) is 243 Å². The van der Waals surface area contributed by atoms with E-state index in [1.807, 2.05) is 11.8 Å². The molecule has 0 bridgehead atoms. The summed E-state index contributed by atoms with van der Waals surface area (Å²) in [5, 5.41) is 61.8. The van der Waals surface area contributed by atoms with Crippen molar-refractivity contribution in [1.29, 1.82) is 0 Å². The summed E-state index contributed by atoms with van der Waals surface area (Å²) in [6.45, 7) is 18.5. The third-order valence-electron chi connectivity index (χ3n) is 13.9. The van der Waals surface area contributed by atoms with E-state index in [-0.39, 0.29) is 42.4 Å². The summed E-state index contributed by atoms with van der Waals surface area (Å²) in [5.74, 6) is -3.45. The maximum absolute atomic E-state index is 14.4. The van der Waals surface area contributed by atoms with E-state index in [4.69, 9.17) is 28.4 Å². The maximum atomic E-state index is 14.4. The highest BCUT2D eigenvalue weighted by atomic mass is 32.2. The van der Waals surface area contributed by atoms with Gasteiger partial charge in [-0.3, -0.25) is 9.59 Å². The number of aliphatic hydroxyl groups excluding tert-OH is 3. The lowest BCUT2D eigenvalue weighted by Gasteiger charge is -2.48. The molecule has 368 valence electrons. The van der Waals surface area contributed by atoms with Gasteiger partial charge in [0.05, 0.1) is 52.5 Å². The molecule has 0 spiro atoms. The molecule has 0 unspecified atom stereocenters. The van der Waals surface area contributed by atoms with Gasteiger partial charge in [-0.25, -0.2) is 8.42 Å². The van der Waals surface area contributed by atoms with E-state index in [2.05, 4.69) is 5.32 Å². The Morgan fingerprint density at radius 3 is 2.14 bits per heavy atom. The number of cyclic esters (lactones) is 1. The zero-order valence-corrected chi connectivity index (χ0v) is 40.9. The fourth-order valence-electron chi connectivity index (χ4n) is 9.84. The zero-order chi connectivity index (χ0) is 48.4. The number of likely N-dealkylation sites (N-methyl/N-ethyl adjacent to an activating group) is 2. The monoisotopic (exact) mass is 932 g/mol. The average Bonchev–Trinajstić information content (AvgIpc) is 3.21. The molecule has 19 heteroatoms. The number of anilines is 1. The Bertz CT molecular complexity index is 1820. The second-order valence-electron chi connectivity index (χ2n) is 19.4. The van der Waals surface area contributed by atoms with Crippen LogP contribution in [0.25, 0.3) is 0 Å². The minimum atomic E-state index is -4.22. The van der Waals surface area contributed by atoms with Crippen molar-refractivity contribution in [2.24, 2.45) is 17.8 Å². The van der Waals surface area contributed by atoms with Crippen molar-refractivity contribution in [1.82, 2.24) is 9.21 Å². The second-order valence-corrected chi connectivity index (χ2v) is 21.4. The largest absolute Gasteiger partial charge is 0.459 e. The molecule has 0 radical (unpaired) electrons. The first-order valence-corrected chi connectivity index (χ1v) is 23.9. The minimum absolute atomic E-state index is 0.0437. The lowest BCUT2D eigenvalue weighted by molar-refractivity contribution is -0.317. The predicted molar refractivity (Wildman–Crippen MR) is 236 cm³/mol. The molecule has 1 amide bonds. The van der Waals surface area contributed by atoms with Crippen LogP contribution >= 0.6 is 0 Å². The molecular weight excluding hydrogens is 855 g/mol. The molecule has 1 aromatic rings. The number of sulfonamides is 1. The van der Waals surface area contributed by atoms with Crippen LogP contribution in [0.3, 0.4) is 0 Å². The zero-order valence-electron chi connectivity index (χ0n) is 40.1. The van der Waals surface area contributed by atoms with Crippen LogP contribution in [0.5, 0.6) is 0 Å². The molecule has 1 aromatic carbocycles. The van der Waals surface area contributed by atoms with E-state index in [0.29, 0.717) is 12.2 Å². The van der Waals surface area contributed by atoms with Crippen molar-refractivity contribution in [3.8, 4) is 0 Å². The van der Waals surface area contributed by atoms with E-state index in [0.717, 1.165) is 4.31 Å². The summed E-state index contributed by atoms with van der Waals surface area (Å²) in [7, 11) is 0.390. The molecule has 3 aliphatic rings. The van der Waals surface area contributed by atoms with E-state index >= 15 is 0 Å². The van der Waals surface area contributed by atoms with Gasteiger partial charge >= 0.3 is 5.97 Å². The summed E-state index contributed by atoms with van der Waals surface area (Å²) in [5.41, 5.74) is -4.33. The van der Waals surface area contributed by atoms with Crippen LogP contribution in [0.1, 0.15) is 102 Å². The Kier molecular flexibility index (Phi) is 18.0. The van der Waals surface area contributed by atoms with Crippen molar-refractivity contribution in [2.45, 2.75) is 197 Å². The van der Waals surface area contributed by atoms with Gasteiger partial charge in [-0.1, -0.05) is 20.8 Å². The van der Waals surface area contributed by atoms with Crippen molar-refractivity contribution >= 4 is 27.6 Å². The summed E-state index contributed by atoms with van der Waals surface area (Å²) < 4.78 is 66.8. The van der Waals surface area contributed by atoms with Crippen molar-refractivity contribution < 1.29 is 72.0 Å². The molecule has 0 aliphatic carbocycles. The van der Waals surface area contributed by atoms with Crippen LogP contribution in [0.15, 0.2) is 29.2 Å². The van der Waals surface area contributed by atoms with E-state index in [1.54, 1.807) is 62.4 Å². The molecule has 3 aliphatic heterocycles. The van der Waals surface area contributed by atoms with E-state index in [1.165, 1.54) is 52.3 Å². The third-order valence-corrected chi connectivity index (χ3v) is 15.8. The van der Waals surface area contributed by atoms with Gasteiger partial charge in [0.15, 0.2) is 12.6 Å². The molecular formula is C45H77N3O15S. The number of aliphatic hydroxyl groups is 5. The van der Waals surface area contributed by atoms with Crippen molar-refractivity contribution in [3.63, 3.8) is 0 Å². The second kappa shape index (κ2) is 21.3. The Labute approximate surface area is 379 Å². The number of nitrogens with one attached hydrogen (secondary N) is 1. The quantitative estimate of drug-likeness (QED) is 0.185. The van der Waals surface area contributed by atoms with Crippen LogP contribution in [-0.2, 0) is 48.0 Å². The van der Waals surface area contributed by atoms with Crippen LogP contribution in [0, 0.1) is 17.8 Å². The van der Waals surface area contributed by atoms with Gasteiger partial charge < -0.3 is 64.2 Å². The molecule has 18 atom stereocenters. The fourth-order valence-corrected chi connectivity index (χ4v) is 11.2. The van der Waals surface area contributed by atoms with Gasteiger partial charge in [0.2, 0.25) is 15.9 Å². The van der Waals surface area contributed by atoms with Crippen LogP contribution < -0.4 is 5.32 Å². The Balaban J connectivity index is 1.81. The van der Waals surface area contributed by atoms with Crippen LogP contribution in [-0.4, -0.2) is 173 Å². The standard InChI is InChI=1S/C45H77N3O15S/c1-15-34-45(11,55)38(51)28(6)47(12)23-24(2)21-43(9,54)40(26(4)37(27(5)41(53)61-34)62-35-22-44(10,58-14)39(52)29(7)60-35)63-42-36(50)33(20-25(3)59-42)48(13)64(56,57)32-18-16-31(17-19-32)46-30(8)49/h16-19,24-29,33-40,42,50-52,54-55H,15,20-23H2,1-14H3,(H,46,49)/t24-,25-,26+,27-,28-,29+,33+,34-,35+,36-,37+,38-,39+,40-,42+,43-,44-,45-/m1/s1. The lowest BCUT2D eigenvalue weighted by atomic mass is 9.77. The highest BCUT2D eigenvalue weighted by molar-refractivity contribution is 7.89. The first-order valence-electron chi connectivity index (χ1n) is 22.4. The number of esters is 1. The first kappa shape index (κ1) is 54.2. The Hall–Kier alpha value is -2.37. The van der Waals surface area contributed by atoms with E-state index < -0.39 is 118 Å². The minimum Gasteiger partial charge on any atom is -0.459 e. The number of hydrogen-bond donors (Lipinski definition) is 6. The number of benzene rings is 1.